The molecule has 3 aliphatic carbocycles. The van der Waals surface area contributed by atoms with Gasteiger partial charge in [-0.2, -0.15) is 0 Å². The molecule has 0 heterocycles. The first-order valence-electron chi connectivity index (χ1n) is 9.84. The van der Waals surface area contributed by atoms with Crippen LogP contribution in [0.15, 0.2) is 18.2 Å². The zero-order valence-electron chi connectivity index (χ0n) is 15.3. The lowest BCUT2D eigenvalue weighted by Crippen LogP contribution is -2.47. The Bertz CT molecular complexity index is 649. The zero-order chi connectivity index (χ0) is 16.9. The molecular weight excluding hydrogens is 296 g/mol. The number of ketones is 1. The van der Waals surface area contributed by atoms with Crippen LogP contribution < -0.4 is 4.74 Å². The first-order valence-corrected chi connectivity index (χ1v) is 9.84. The van der Waals surface area contributed by atoms with Crippen molar-refractivity contribution < 1.29 is 9.53 Å². The molecular formula is C22H30O2. The third-order valence-electron chi connectivity index (χ3n) is 7.71. The molecule has 2 saturated carbocycles. The normalized spacial score (nSPS) is 37.5. The molecule has 1 aromatic rings. The Labute approximate surface area is 146 Å². The molecule has 0 radical (unpaired) electrons. The molecule has 0 saturated heterocycles. The molecule has 0 N–H and O–H groups in total. The van der Waals surface area contributed by atoms with Gasteiger partial charge in [0.2, 0.25) is 0 Å². The summed E-state index contributed by atoms with van der Waals surface area (Å²) in [6.07, 6.45) is 7.69. The maximum atomic E-state index is 12.7. The monoisotopic (exact) mass is 326 g/mol. The highest BCUT2D eigenvalue weighted by atomic mass is 16.5. The highest BCUT2D eigenvalue weighted by Crippen LogP contribution is 2.62. The maximum absolute atomic E-state index is 12.7. The summed E-state index contributed by atoms with van der Waals surface area (Å²) in [6.45, 7) is 4.59. The lowest BCUT2D eigenvalue weighted by molar-refractivity contribution is -0.131. The Kier molecular flexibility index (Phi) is 3.97. The molecule has 0 spiro atoms. The third-order valence-corrected chi connectivity index (χ3v) is 7.71. The number of carbonyl (C=O) groups excluding carboxylic acids is 1. The molecule has 130 valence electrons. The van der Waals surface area contributed by atoms with Crippen LogP contribution in [0.3, 0.4) is 0 Å². The number of carbonyl (C=O) groups is 1. The summed E-state index contributed by atoms with van der Waals surface area (Å²) in [5, 5.41) is 0. The summed E-state index contributed by atoms with van der Waals surface area (Å²) in [6, 6.07) is 6.70. The zero-order valence-corrected chi connectivity index (χ0v) is 15.3. The Morgan fingerprint density at radius 1 is 1.25 bits per heavy atom. The number of ether oxygens (including phenoxy) is 1. The van der Waals surface area contributed by atoms with E-state index in [-0.39, 0.29) is 5.41 Å². The molecule has 24 heavy (non-hydrogen) atoms. The molecule has 5 atom stereocenters. The Morgan fingerprint density at radius 3 is 2.79 bits per heavy atom. The van der Waals surface area contributed by atoms with Crippen molar-refractivity contribution in [3.05, 3.63) is 29.3 Å². The number of hydrogen-bond acceptors (Lipinski definition) is 2. The van der Waals surface area contributed by atoms with Gasteiger partial charge in [-0.3, -0.25) is 4.79 Å². The van der Waals surface area contributed by atoms with Crippen molar-refractivity contribution in [1.82, 2.24) is 0 Å². The molecule has 1 unspecified atom stereocenters. The number of Topliss-reactive ketones (excluding diaryl/α,β-unsaturated/α-hetero) is 1. The topological polar surface area (TPSA) is 26.3 Å². The van der Waals surface area contributed by atoms with Crippen LogP contribution in [0.25, 0.3) is 0 Å². The second-order valence-corrected chi connectivity index (χ2v) is 8.24. The number of fused-ring (bicyclic) bond motifs is 5. The quantitative estimate of drug-likeness (QED) is 0.768. The fraction of sp³-hybridized carbons (Fsp3) is 0.682. The number of benzene rings is 1. The van der Waals surface area contributed by atoms with Gasteiger partial charge in [0.15, 0.2) is 0 Å². The van der Waals surface area contributed by atoms with E-state index >= 15 is 0 Å². The van der Waals surface area contributed by atoms with Crippen molar-refractivity contribution >= 4 is 5.78 Å². The minimum atomic E-state index is 0.0125. The van der Waals surface area contributed by atoms with Gasteiger partial charge in [-0.15, -0.1) is 0 Å². The van der Waals surface area contributed by atoms with Gasteiger partial charge in [-0.05, 0) is 79.0 Å². The van der Waals surface area contributed by atoms with E-state index in [0.717, 1.165) is 43.8 Å². The van der Waals surface area contributed by atoms with Gasteiger partial charge >= 0.3 is 0 Å². The predicted octanol–water partition coefficient (Wildman–Crippen LogP) is 5.15. The molecule has 2 nitrogen and oxygen atoms in total. The van der Waals surface area contributed by atoms with E-state index < -0.39 is 0 Å². The van der Waals surface area contributed by atoms with Crippen molar-refractivity contribution in [3.63, 3.8) is 0 Å². The number of hydrogen-bond donors (Lipinski definition) is 0. The standard InChI is InChI=1S/C22H30O2/c1-4-14-12-15-13-16(24-3)6-7-17(15)18-10-11-22(5-2)19(21(14)18)8-9-20(22)23/h6-7,13-14,18-19,21H,4-5,8-12H2,1-3H3/t14-,18-,19+,21-,22?/m1/s1. The molecule has 2 fully saturated rings. The van der Waals surface area contributed by atoms with Gasteiger partial charge in [-0.1, -0.05) is 26.3 Å². The smallest absolute Gasteiger partial charge is 0.139 e. The fourth-order valence-electron chi connectivity index (χ4n) is 6.53. The molecule has 0 aliphatic heterocycles. The Balaban J connectivity index is 1.77. The van der Waals surface area contributed by atoms with Gasteiger partial charge in [-0.25, -0.2) is 0 Å². The molecule has 4 rings (SSSR count). The van der Waals surface area contributed by atoms with Crippen LogP contribution in [-0.2, 0) is 11.2 Å². The average molecular weight is 326 g/mol. The van der Waals surface area contributed by atoms with E-state index in [1.54, 1.807) is 12.7 Å². The van der Waals surface area contributed by atoms with Gasteiger partial charge < -0.3 is 4.74 Å². The minimum Gasteiger partial charge on any atom is -0.497 e. The van der Waals surface area contributed by atoms with Crippen LogP contribution in [-0.4, -0.2) is 12.9 Å². The summed E-state index contributed by atoms with van der Waals surface area (Å²) in [5.74, 6) is 4.25. The summed E-state index contributed by atoms with van der Waals surface area (Å²) >= 11 is 0. The lowest BCUT2D eigenvalue weighted by Gasteiger charge is -2.52. The van der Waals surface area contributed by atoms with Crippen LogP contribution in [0, 0.1) is 23.2 Å². The van der Waals surface area contributed by atoms with Crippen LogP contribution >= 0.6 is 0 Å². The lowest BCUT2D eigenvalue weighted by atomic mass is 9.51. The summed E-state index contributed by atoms with van der Waals surface area (Å²) < 4.78 is 5.46. The average Bonchev–Trinajstić information content (AvgIpc) is 2.97. The van der Waals surface area contributed by atoms with Crippen molar-refractivity contribution in [3.8, 4) is 5.75 Å². The molecule has 3 aliphatic rings. The van der Waals surface area contributed by atoms with Crippen LogP contribution in [0.4, 0.5) is 0 Å². The van der Waals surface area contributed by atoms with Crippen molar-refractivity contribution in [2.75, 3.05) is 7.11 Å². The van der Waals surface area contributed by atoms with E-state index in [0.29, 0.717) is 23.5 Å². The van der Waals surface area contributed by atoms with E-state index in [2.05, 4.69) is 32.0 Å². The van der Waals surface area contributed by atoms with E-state index in [1.165, 1.54) is 18.4 Å². The summed E-state index contributed by atoms with van der Waals surface area (Å²) in [4.78, 5) is 12.7. The molecule has 2 heteroatoms. The van der Waals surface area contributed by atoms with Crippen molar-refractivity contribution in [1.29, 1.82) is 0 Å². The van der Waals surface area contributed by atoms with Crippen molar-refractivity contribution in [2.45, 2.75) is 64.7 Å². The number of methoxy groups -OCH3 is 1. The Hall–Kier alpha value is -1.31. The molecule has 0 aromatic heterocycles. The maximum Gasteiger partial charge on any atom is 0.139 e. The minimum absolute atomic E-state index is 0.0125. The largest absolute Gasteiger partial charge is 0.497 e. The molecule has 0 amide bonds. The van der Waals surface area contributed by atoms with Gasteiger partial charge in [0.25, 0.3) is 0 Å². The first-order chi connectivity index (χ1) is 11.6. The second kappa shape index (κ2) is 5.89. The molecule has 0 bridgehead atoms. The van der Waals surface area contributed by atoms with Gasteiger partial charge in [0.1, 0.15) is 11.5 Å². The summed E-state index contributed by atoms with van der Waals surface area (Å²) in [5.41, 5.74) is 3.06. The van der Waals surface area contributed by atoms with Gasteiger partial charge in [0, 0.05) is 11.8 Å². The van der Waals surface area contributed by atoms with Crippen molar-refractivity contribution in [2.24, 2.45) is 23.2 Å². The SMILES string of the molecule is CC[C@@H]1Cc2cc(OC)ccc2[C@H]2CCC3(CC)C(=O)CC[C@H]3[C@H]12. The van der Waals surface area contributed by atoms with Crippen LogP contribution in [0.2, 0.25) is 0 Å². The first kappa shape index (κ1) is 16.2. The number of rotatable bonds is 3. The summed E-state index contributed by atoms with van der Waals surface area (Å²) in [7, 11) is 1.75. The molecule has 1 aromatic carbocycles. The highest BCUT2D eigenvalue weighted by Gasteiger charge is 2.57. The van der Waals surface area contributed by atoms with E-state index in [9.17, 15) is 4.79 Å². The fourth-order valence-corrected chi connectivity index (χ4v) is 6.53. The third kappa shape index (κ3) is 2.11. The second-order valence-electron chi connectivity index (χ2n) is 8.24. The highest BCUT2D eigenvalue weighted by molar-refractivity contribution is 5.87. The van der Waals surface area contributed by atoms with Gasteiger partial charge in [0.05, 0.1) is 7.11 Å². The predicted molar refractivity (Wildman–Crippen MR) is 96.4 cm³/mol. The van der Waals surface area contributed by atoms with E-state index in [4.69, 9.17) is 4.74 Å². The van der Waals surface area contributed by atoms with E-state index in [1.807, 2.05) is 0 Å². The van der Waals surface area contributed by atoms with Crippen LogP contribution in [0.5, 0.6) is 5.75 Å². The van der Waals surface area contributed by atoms with Crippen LogP contribution in [0.1, 0.15) is 69.4 Å². The Morgan fingerprint density at radius 2 is 2.08 bits per heavy atom.